The Labute approximate surface area is 297 Å². The molecule has 0 aromatic heterocycles. The van der Waals surface area contributed by atoms with Gasteiger partial charge in [-0.15, -0.1) is 0 Å². The number of benzene rings is 3. The highest BCUT2D eigenvalue weighted by Gasteiger charge is 2.36. The maximum atomic E-state index is 13.2. The Balaban J connectivity index is 1.20. The summed E-state index contributed by atoms with van der Waals surface area (Å²) in [6.45, 7) is 13.8. The Morgan fingerprint density at radius 2 is 1.28 bits per heavy atom. The van der Waals surface area contributed by atoms with Crippen LogP contribution in [-0.2, 0) is 27.4 Å². The summed E-state index contributed by atoms with van der Waals surface area (Å²) in [7, 11) is 0. The average molecular weight is 681 g/mol. The van der Waals surface area contributed by atoms with Crippen LogP contribution >= 0.6 is 0 Å². The summed E-state index contributed by atoms with van der Waals surface area (Å²) in [5, 5.41) is 3.00. The first-order valence-electron chi connectivity index (χ1n) is 17.7. The molecule has 3 aromatic carbocycles. The molecule has 0 aliphatic carbocycles. The van der Waals surface area contributed by atoms with E-state index in [0.29, 0.717) is 38.3 Å². The zero-order chi connectivity index (χ0) is 35.9. The topological polar surface area (TPSA) is 91.4 Å². The second-order valence-corrected chi connectivity index (χ2v) is 15.2. The number of ether oxygens (including phenoxy) is 2. The molecule has 0 spiro atoms. The quantitative estimate of drug-likeness (QED) is 0.243. The van der Waals surface area contributed by atoms with Crippen molar-refractivity contribution in [3.63, 3.8) is 0 Å². The third-order valence-corrected chi connectivity index (χ3v) is 8.69. The summed E-state index contributed by atoms with van der Waals surface area (Å²) in [5.74, 6) is -0.200. The summed E-state index contributed by atoms with van der Waals surface area (Å²) in [6.07, 6.45) is 6.77. The van der Waals surface area contributed by atoms with Crippen molar-refractivity contribution in [2.45, 2.75) is 104 Å². The number of hydrogen-bond donors (Lipinski definition) is 1. The smallest absolute Gasteiger partial charge is 0.410 e. The first kappa shape index (κ1) is 36.5. The third kappa shape index (κ3) is 10.4. The minimum Gasteiger partial charge on any atom is -0.444 e. The predicted molar refractivity (Wildman–Crippen MR) is 199 cm³/mol. The molecule has 9 nitrogen and oxygen atoms in total. The van der Waals surface area contributed by atoms with Crippen molar-refractivity contribution in [1.82, 2.24) is 9.80 Å². The van der Waals surface area contributed by atoms with Crippen LogP contribution in [0.5, 0.6) is 0 Å². The van der Waals surface area contributed by atoms with E-state index in [-0.39, 0.29) is 18.0 Å². The van der Waals surface area contributed by atoms with Gasteiger partial charge in [0.1, 0.15) is 17.2 Å². The molecule has 3 amide bonds. The number of amides is 3. The van der Waals surface area contributed by atoms with E-state index >= 15 is 0 Å². The fraction of sp³-hybridized carbons (Fsp3) is 0.439. The minimum atomic E-state index is -0.617. The molecule has 3 aromatic rings. The monoisotopic (exact) mass is 680 g/mol. The molecular formula is C41H52N4O5. The number of likely N-dealkylation sites (tertiary alicyclic amines) is 2. The van der Waals surface area contributed by atoms with Crippen molar-refractivity contribution in [1.29, 1.82) is 0 Å². The number of anilines is 2. The molecule has 2 atom stereocenters. The molecule has 2 fully saturated rings. The van der Waals surface area contributed by atoms with Gasteiger partial charge in [-0.1, -0.05) is 66.7 Å². The molecular weight excluding hydrogens is 628 g/mol. The lowest BCUT2D eigenvalue weighted by atomic mass is 10.1. The van der Waals surface area contributed by atoms with Crippen LogP contribution < -0.4 is 10.2 Å². The Morgan fingerprint density at radius 3 is 1.88 bits per heavy atom. The SMILES string of the molecule is CC(C)(C)OC(=O)N1CCCC1C(=O)Nc1ccc(CN(Cc2ccc(C=C[C@@H]3CCCN3C(=O)OC(C)(C)C)cc2)c2ccccc2)cc1. The van der Waals surface area contributed by atoms with Crippen molar-refractivity contribution in [2.24, 2.45) is 0 Å². The lowest BCUT2D eigenvalue weighted by Crippen LogP contribution is -2.45. The van der Waals surface area contributed by atoms with E-state index in [9.17, 15) is 14.4 Å². The number of nitrogens with one attached hydrogen (secondary N) is 1. The van der Waals surface area contributed by atoms with Crippen LogP contribution in [0.2, 0.25) is 0 Å². The first-order chi connectivity index (χ1) is 23.7. The Kier molecular flexibility index (Phi) is 11.6. The number of hydrogen-bond acceptors (Lipinski definition) is 6. The molecule has 0 radical (unpaired) electrons. The lowest BCUT2D eigenvalue weighted by molar-refractivity contribution is -0.120. The lowest BCUT2D eigenvalue weighted by Gasteiger charge is -2.28. The van der Waals surface area contributed by atoms with Gasteiger partial charge in [-0.05, 0) is 108 Å². The van der Waals surface area contributed by atoms with Gasteiger partial charge in [-0.25, -0.2) is 9.59 Å². The zero-order valence-electron chi connectivity index (χ0n) is 30.4. The summed E-state index contributed by atoms with van der Waals surface area (Å²) >= 11 is 0. The van der Waals surface area contributed by atoms with E-state index < -0.39 is 23.3 Å². The van der Waals surface area contributed by atoms with Crippen LogP contribution in [0.4, 0.5) is 21.0 Å². The normalized spacial score (nSPS) is 18.0. The van der Waals surface area contributed by atoms with Gasteiger partial charge in [-0.3, -0.25) is 9.69 Å². The highest BCUT2D eigenvalue weighted by molar-refractivity contribution is 5.96. The van der Waals surface area contributed by atoms with Crippen molar-refractivity contribution in [3.8, 4) is 0 Å². The van der Waals surface area contributed by atoms with E-state index in [2.05, 4.69) is 58.8 Å². The molecule has 1 unspecified atom stereocenters. The van der Waals surface area contributed by atoms with Gasteiger partial charge >= 0.3 is 12.2 Å². The summed E-state index contributed by atoms with van der Waals surface area (Å²) < 4.78 is 11.1. The Bertz CT molecular complexity index is 1620. The summed E-state index contributed by atoms with van der Waals surface area (Å²) in [4.78, 5) is 44.2. The summed E-state index contributed by atoms with van der Waals surface area (Å²) in [5.41, 5.74) is 4.04. The van der Waals surface area contributed by atoms with Crippen molar-refractivity contribution in [2.75, 3.05) is 23.3 Å². The molecule has 50 heavy (non-hydrogen) atoms. The van der Waals surface area contributed by atoms with E-state index in [4.69, 9.17) is 9.47 Å². The second-order valence-electron chi connectivity index (χ2n) is 15.2. The molecule has 0 bridgehead atoms. The Morgan fingerprint density at radius 1 is 0.740 bits per heavy atom. The van der Waals surface area contributed by atoms with Crippen molar-refractivity contribution in [3.05, 3.63) is 102 Å². The van der Waals surface area contributed by atoms with Gasteiger partial charge in [0, 0.05) is 37.6 Å². The van der Waals surface area contributed by atoms with Crippen molar-refractivity contribution < 1.29 is 23.9 Å². The number of carbonyl (C=O) groups excluding carboxylic acids is 3. The van der Waals surface area contributed by atoms with Crippen molar-refractivity contribution >= 4 is 35.5 Å². The molecule has 1 N–H and O–H groups in total. The highest BCUT2D eigenvalue weighted by atomic mass is 16.6. The number of rotatable bonds is 9. The zero-order valence-corrected chi connectivity index (χ0v) is 30.4. The van der Waals surface area contributed by atoms with Crippen LogP contribution in [0, 0.1) is 0 Å². The second kappa shape index (κ2) is 15.8. The van der Waals surface area contributed by atoms with Gasteiger partial charge in [0.15, 0.2) is 0 Å². The van der Waals surface area contributed by atoms with Gasteiger partial charge in [0.25, 0.3) is 0 Å². The first-order valence-corrected chi connectivity index (χ1v) is 17.7. The number of para-hydroxylation sites is 1. The van der Waals surface area contributed by atoms with Crippen LogP contribution in [-0.4, -0.2) is 64.3 Å². The minimum absolute atomic E-state index is 0.0347. The van der Waals surface area contributed by atoms with Gasteiger partial charge in [0.05, 0.1) is 6.04 Å². The van der Waals surface area contributed by atoms with Gasteiger partial charge in [-0.2, -0.15) is 0 Å². The number of nitrogens with zero attached hydrogens (tertiary/aromatic N) is 3. The van der Waals surface area contributed by atoms with E-state index in [1.54, 1.807) is 0 Å². The molecule has 2 aliphatic heterocycles. The van der Waals surface area contributed by atoms with Crippen LogP contribution in [0.3, 0.4) is 0 Å². The molecule has 266 valence electrons. The standard InChI is InChI=1S/C41H52N4O5/c1-40(2,3)49-38(47)44-26-10-14-35(44)25-22-30-16-18-31(19-17-30)28-43(34-12-8-7-9-13-34)29-32-20-23-33(24-21-32)42-37(46)36-15-11-27-45(36)39(48)50-41(4,5)6/h7-9,12-13,16-25,35-36H,10-11,14-15,26-29H2,1-6H3,(H,42,46)/t35-,36?/m0/s1. The summed E-state index contributed by atoms with van der Waals surface area (Å²) in [6, 6.07) is 26.2. The van der Waals surface area contributed by atoms with E-state index in [1.165, 1.54) is 10.5 Å². The van der Waals surface area contributed by atoms with Gasteiger partial charge in [0.2, 0.25) is 5.91 Å². The van der Waals surface area contributed by atoms with Crippen LogP contribution in [0.1, 0.15) is 83.9 Å². The fourth-order valence-corrected chi connectivity index (χ4v) is 6.31. The molecule has 9 heteroatoms. The average Bonchev–Trinajstić information content (AvgIpc) is 3.75. The molecule has 0 saturated carbocycles. The Hall–Kier alpha value is -4.79. The van der Waals surface area contributed by atoms with E-state index in [1.807, 2.05) is 88.9 Å². The number of carbonyl (C=O) groups is 3. The maximum absolute atomic E-state index is 13.2. The maximum Gasteiger partial charge on any atom is 0.410 e. The fourth-order valence-electron chi connectivity index (χ4n) is 6.31. The molecule has 2 saturated heterocycles. The largest absolute Gasteiger partial charge is 0.444 e. The van der Waals surface area contributed by atoms with Crippen LogP contribution in [0.25, 0.3) is 6.08 Å². The van der Waals surface area contributed by atoms with Crippen LogP contribution in [0.15, 0.2) is 84.9 Å². The molecule has 2 heterocycles. The molecule has 5 rings (SSSR count). The van der Waals surface area contributed by atoms with Gasteiger partial charge < -0.3 is 24.6 Å². The highest BCUT2D eigenvalue weighted by Crippen LogP contribution is 2.26. The third-order valence-electron chi connectivity index (χ3n) is 8.69. The predicted octanol–water partition coefficient (Wildman–Crippen LogP) is 8.64. The molecule has 2 aliphatic rings. The van der Waals surface area contributed by atoms with E-state index in [0.717, 1.165) is 36.1 Å².